The second kappa shape index (κ2) is 9.44. The fraction of sp³-hybridized carbons (Fsp3) is 0.261. The van der Waals surface area contributed by atoms with Crippen molar-refractivity contribution in [3.8, 4) is 5.75 Å². The molecule has 29 heavy (non-hydrogen) atoms. The standard InChI is InChI=1S/C23H23ClN2O2S/c24-20-6-4-5-18(13-20)15-25-9-11-26(12-10-25)23(27)22-14-19(17-29-22)16-28-21-7-2-1-3-8-21/h1-8,13-14,17H,9-12,15-16H2. The van der Waals surface area contributed by atoms with E-state index in [1.165, 1.54) is 16.9 Å². The summed E-state index contributed by atoms with van der Waals surface area (Å²) in [6.07, 6.45) is 0. The molecule has 2 heterocycles. The molecule has 0 bridgehead atoms. The summed E-state index contributed by atoms with van der Waals surface area (Å²) in [5, 5.41) is 2.77. The van der Waals surface area contributed by atoms with Gasteiger partial charge < -0.3 is 9.64 Å². The highest BCUT2D eigenvalue weighted by Gasteiger charge is 2.23. The number of rotatable bonds is 6. The van der Waals surface area contributed by atoms with Gasteiger partial charge in [0.25, 0.3) is 5.91 Å². The molecule has 1 fully saturated rings. The number of carbonyl (C=O) groups excluding carboxylic acids is 1. The summed E-state index contributed by atoms with van der Waals surface area (Å²) in [5.74, 6) is 0.950. The fourth-order valence-corrected chi connectivity index (χ4v) is 4.48. The molecule has 4 nitrogen and oxygen atoms in total. The third kappa shape index (κ3) is 5.38. The second-order valence-corrected chi connectivity index (χ2v) is 8.47. The number of hydrogen-bond acceptors (Lipinski definition) is 4. The van der Waals surface area contributed by atoms with Crippen molar-refractivity contribution < 1.29 is 9.53 Å². The Balaban J connectivity index is 1.28. The van der Waals surface area contributed by atoms with E-state index in [9.17, 15) is 4.79 Å². The van der Waals surface area contributed by atoms with E-state index in [-0.39, 0.29) is 5.91 Å². The molecule has 6 heteroatoms. The molecule has 0 saturated carbocycles. The maximum atomic E-state index is 12.9. The molecule has 0 atom stereocenters. The van der Waals surface area contributed by atoms with Crippen LogP contribution in [0.3, 0.4) is 0 Å². The van der Waals surface area contributed by atoms with Crippen molar-refractivity contribution in [1.29, 1.82) is 0 Å². The number of para-hydroxylation sites is 1. The topological polar surface area (TPSA) is 32.8 Å². The summed E-state index contributed by atoms with van der Waals surface area (Å²) in [5.41, 5.74) is 2.24. The van der Waals surface area contributed by atoms with Crippen molar-refractivity contribution in [3.05, 3.63) is 87.1 Å². The number of piperazine rings is 1. The molecule has 3 aromatic rings. The average molecular weight is 427 g/mol. The maximum absolute atomic E-state index is 12.9. The van der Waals surface area contributed by atoms with Gasteiger partial charge in [-0.15, -0.1) is 11.3 Å². The molecule has 4 rings (SSSR count). The van der Waals surface area contributed by atoms with Crippen LogP contribution in [-0.4, -0.2) is 41.9 Å². The minimum atomic E-state index is 0.114. The third-order valence-electron chi connectivity index (χ3n) is 4.97. The number of hydrogen-bond donors (Lipinski definition) is 0. The van der Waals surface area contributed by atoms with Crippen LogP contribution in [0.1, 0.15) is 20.8 Å². The molecule has 2 aromatic carbocycles. The summed E-state index contributed by atoms with van der Waals surface area (Å²) in [7, 11) is 0. The van der Waals surface area contributed by atoms with Crippen LogP contribution in [0.4, 0.5) is 0 Å². The van der Waals surface area contributed by atoms with Gasteiger partial charge in [-0.05, 0) is 41.3 Å². The molecule has 0 radical (unpaired) electrons. The van der Waals surface area contributed by atoms with Gasteiger partial charge in [-0.1, -0.05) is 41.9 Å². The van der Waals surface area contributed by atoms with E-state index >= 15 is 0 Å². The van der Waals surface area contributed by atoms with Crippen molar-refractivity contribution >= 4 is 28.8 Å². The van der Waals surface area contributed by atoms with Crippen LogP contribution in [0.15, 0.2) is 66.0 Å². The highest BCUT2D eigenvalue weighted by atomic mass is 35.5. The molecule has 1 aliphatic heterocycles. The Hall–Kier alpha value is -2.34. The maximum Gasteiger partial charge on any atom is 0.264 e. The molecule has 0 aliphatic carbocycles. The fourth-order valence-electron chi connectivity index (χ4n) is 3.41. The molecule has 1 aliphatic rings. The molecule has 1 aromatic heterocycles. The first-order valence-electron chi connectivity index (χ1n) is 9.69. The number of benzene rings is 2. The number of amides is 1. The SMILES string of the molecule is O=C(c1cc(COc2ccccc2)cs1)N1CCN(Cc2cccc(Cl)c2)CC1. The zero-order valence-electron chi connectivity index (χ0n) is 16.1. The number of thiophene rings is 1. The van der Waals surface area contributed by atoms with E-state index in [0.29, 0.717) is 6.61 Å². The largest absolute Gasteiger partial charge is 0.489 e. The Kier molecular flexibility index (Phi) is 6.49. The molecule has 150 valence electrons. The van der Waals surface area contributed by atoms with E-state index in [1.807, 2.05) is 64.9 Å². The molecular formula is C23H23ClN2O2S. The minimum Gasteiger partial charge on any atom is -0.489 e. The quantitative estimate of drug-likeness (QED) is 0.559. The molecule has 0 N–H and O–H groups in total. The van der Waals surface area contributed by atoms with Crippen molar-refractivity contribution in [2.24, 2.45) is 0 Å². The molecule has 0 spiro atoms. The van der Waals surface area contributed by atoms with E-state index in [0.717, 1.165) is 53.9 Å². The van der Waals surface area contributed by atoms with Crippen molar-refractivity contribution in [1.82, 2.24) is 9.80 Å². The Morgan fingerprint density at radius 3 is 2.52 bits per heavy atom. The zero-order valence-corrected chi connectivity index (χ0v) is 17.7. The normalized spacial score (nSPS) is 14.7. The summed E-state index contributed by atoms with van der Waals surface area (Å²) in [6.45, 7) is 4.56. The smallest absolute Gasteiger partial charge is 0.264 e. The van der Waals surface area contributed by atoms with Gasteiger partial charge >= 0.3 is 0 Å². The summed E-state index contributed by atoms with van der Waals surface area (Å²) in [6, 6.07) is 19.6. The van der Waals surface area contributed by atoms with Gasteiger partial charge in [-0.25, -0.2) is 0 Å². The Labute approximate surface area is 180 Å². The van der Waals surface area contributed by atoms with Gasteiger partial charge in [-0.3, -0.25) is 9.69 Å². The van der Waals surface area contributed by atoms with Crippen molar-refractivity contribution in [2.45, 2.75) is 13.2 Å². The zero-order chi connectivity index (χ0) is 20.1. The average Bonchev–Trinajstić information content (AvgIpc) is 3.22. The highest BCUT2D eigenvalue weighted by Crippen LogP contribution is 2.21. The van der Waals surface area contributed by atoms with Gasteiger partial charge in [0.05, 0.1) is 4.88 Å². The molecule has 0 unspecified atom stereocenters. The number of halogens is 1. The first-order chi connectivity index (χ1) is 14.2. The van der Waals surface area contributed by atoms with E-state index < -0.39 is 0 Å². The summed E-state index contributed by atoms with van der Waals surface area (Å²) >= 11 is 7.57. The summed E-state index contributed by atoms with van der Waals surface area (Å²) < 4.78 is 5.78. The van der Waals surface area contributed by atoms with Crippen LogP contribution in [0, 0.1) is 0 Å². The number of nitrogens with zero attached hydrogens (tertiary/aromatic N) is 2. The van der Waals surface area contributed by atoms with Crippen LogP contribution in [0.25, 0.3) is 0 Å². The van der Waals surface area contributed by atoms with Crippen LogP contribution < -0.4 is 4.74 Å². The van der Waals surface area contributed by atoms with Gasteiger partial charge in [0.15, 0.2) is 0 Å². The number of carbonyl (C=O) groups is 1. The van der Waals surface area contributed by atoms with Gasteiger partial charge in [0.2, 0.25) is 0 Å². The van der Waals surface area contributed by atoms with Gasteiger partial charge in [0.1, 0.15) is 12.4 Å². The van der Waals surface area contributed by atoms with Crippen molar-refractivity contribution in [3.63, 3.8) is 0 Å². The van der Waals surface area contributed by atoms with E-state index in [1.54, 1.807) is 0 Å². The monoisotopic (exact) mass is 426 g/mol. The predicted molar refractivity (Wildman–Crippen MR) is 118 cm³/mol. The third-order valence-corrected chi connectivity index (χ3v) is 6.17. The van der Waals surface area contributed by atoms with Crippen LogP contribution in [0.2, 0.25) is 5.02 Å². The first-order valence-corrected chi connectivity index (χ1v) is 10.9. The lowest BCUT2D eigenvalue weighted by Gasteiger charge is -2.34. The molecular weight excluding hydrogens is 404 g/mol. The minimum absolute atomic E-state index is 0.114. The van der Waals surface area contributed by atoms with Gasteiger partial charge in [0, 0.05) is 43.3 Å². The Morgan fingerprint density at radius 2 is 1.76 bits per heavy atom. The molecule has 1 saturated heterocycles. The summed E-state index contributed by atoms with van der Waals surface area (Å²) in [4.78, 5) is 17.9. The van der Waals surface area contributed by atoms with Crippen LogP contribution in [-0.2, 0) is 13.2 Å². The lowest BCUT2D eigenvalue weighted by molar-refractivity contribution is 0.0633. The highest BCUT2D eigenvalue weighted by molar-refractivity contribution is 7.12. The second-order valence-electron chi connectivity index (χ2n) is 7.12. The van der Waals surface area contributed by atoms with Crippen LogP contribution in [0.5, 0.6) is 5.75 Å². The van der Waals surface area contributed by atoms with Gasteiger partial charge in [-0.2, -0.15) is 0 Å². The number of ether oxygens (including phenoxy) is 1. The lowest BCUT2D eigenvalue weighted by Crippen LogP contribution is -2.48. The molecule has 1 amide bonds. The van der Waals surface area contributed by atoms with Crippen molar-refractivity contribution in [2.75, 3.05) is 26.2 Å². The van der Waals surface area contributed by atoms with Crippen LogP contribution >= 0.6 is 22.9 Å². The Bertz CT molecular complexity index is 952. The first kappa shape index (κ1) is 20.0. The van der Waals surface area contributed by atoms with E-state index in [4.69, 9.17) is 16.3 Å². The van der Waals surface area contributed by atoms with E-state index in [2.05, 4.69) is 11.0 Å². The predicted octanol–water partition coefficient (Wildman–Crippen LogP) is 4.94. The lowest BCUT2D eigenvalue weighted by atomic mass is 10.2. The Morgan fingerprint density at radius 1 is 0.966 bits per heavy atom.